The molecule has 0 aliphatic heterocycles. The van der Waals surface area contributed by atoms with E-state index < -0.39 is 0 Å². The van der Waals surface area contributed by atoms with Gasteiger partial charge in [-0.05, 0) is 43.5 Å². The third-order valence-corrected chi connectivity index (χ3v) is 4.79. The maximum atomic E-state index is 12.6. The molecule has 0 saturated heterocycles. The topological polar surface area (TPSA) is 90.4 Å². The number of rotatable bonds is 6. The second kappa shape index (κ2) is 7.89. The molecule has 3 heterocycles. The van der Waals surface area contributed by atoms with E-state index in [1.54, 1.807) is 22.9 Å². The molecule has 3 aromatic heterocycles. The number of hydrogen-bond acceptors (Lipinski definition) is 6. The maximum Gasteiger partial charge on any atom is 0.251 e. The van der Waals surface area contributed by atoms with Crippen molar-refractivity contribution in [3.63, 3.8) is 0 Å². The van der Waals surface area contributed by atoms with E-state index in [0.29, 0.717) is 18.1 Å². The highest BCUT2D eigenvalue weighted by molar-refractivity contribution is 5.89. The van der Waals surface area contributed by atoms with E-state index in [-0.39, 0.29) is 18.8 Å². The molecule has 7 nitrogen and oxygen atoms in total. The van der Waals surface area contributed by atoms with Crippen LogP contribution in [0.4, 0.5) is 0 Å². The van der Waals surface area contributed by atoms with Gasteiger partial charge in [0, 0.05) is 23.9 Å². The summed E-state index contributed by atoms with van der Waals surface area (Å²) in [5.74, 6) is 1.24. The van der Waals surface area contributed by atoms with Crippen LogP contribution in [0.25, 0.3) is 22.0 Å². The van der Waals surface area contributed by atoms with Crippen LogP contribution in [0.15, 0.2) is 58.0 Å². The molecule has 7 heteroatoms. The third kappa shape index (κ3) is 3.64. The fourth-order valence-corrected chi connectivity index (χ4v) is 3.48. The number of aliphatic hydroxyl groups is 1. The summed E-state index contributed by atoms with van der Waals surface area (Å²) < 4.78 is 12.8. The van der Waals surface area contributed by atoms with E-state index in [4.69, 9.17) is 9.26 Å². The Morgan fingerprint density at radius 3 is 2.72 bits per heavy atom. The smallest absolute Gasteiger partial charge is 0.251 e. The molecule has 4 aromatic rings. The van der Waals surface area contributed by atoms with Gasteiger partial charge in [-0.3, -0.25) is 9.78 Å². The molecular weight excluding hydrogens is 370 g/mol. The van der Waals surface area contributed by atoms with Crippen molar-refractivity contribution < 1.29 is 14.4 Å². The standard InChI is InChI=1S/C22H21N3O4/c1-14-22(15(2)29-24-14)18-11-16-6-7-21(27)25(13-17-5-3-4-8-23-17)19(16)12-20(18)28-10-9-26/h3-8,11-12,26H,9-10,13H2,1-2H3. The number of fused-ring (bicyclic) bond motifs is 1. The van der Waals surface area contributed by atoms with Crippen molar-refractivity contribution >= 4 is 10.9 Å². The molecule has 0 saturated carbocycles. The van der Waals surface area contributed by atoms with Gasteiger partial charge in [0.05, 0.1) is 35.6 Å². The second-order valence-electron chi connectivity index (χ2n) is 6.76. The lowest BCUT2D eigenvalue weighted by molar-refractivity contribution is 0.202. The van der Waals surface area contributed by atoms with E-state index in [1.807, 2.05) is 44.2 Å². The lowest BCUT2D eigenvalue weighted by atomic mass is 10.0. The van der Waals surface area contributed by atoms with Gasteiger partial charge in [-0.1, -0.05) is 11.2 Å². The number of ether oxygens (including phenoxy) is 1. The van der Waals surface area contributed by atoms with E-state index in [2.05, 4.69) is 10.1 Å². The maximum absolute atomic E-state index is 12.6. The zero-order valence-corrected chi connectivity index (χ0v) is 16.3. The lowest BCUT2D eigenvalue weighted by Gasteiger charge is -2.15. The Hall–Kier alpha value is -3.45. The van der Waals surface area contributed by atoms with Crippen LogP contribution in [0.3, 0.4) is 0 Å². The second-order valence-corrected chi connectivity index (χ2v) is 6.76. The van der Waals surface area contributed by atoms with Crippen LogP contribution in [-0.4, -0.2) is 33.0 Å². The summed E-state index contributed by atoms with van der Waals surface area (Å²) in [5.41, 5.74) is 3.80. The number of aryl methyl sites for hydroxylation is 2. The van der Waals surface area contributed by atoms with Crippen LogP contribution in [-0.2, 0) is 6.54 Å². The molecule has 0 atom stereocenters. The molecule has 0 aliphatic carbocycles. The van der Waals surface area contributed by atoms with Crippen LogP contribution < -0.4 is 10.3 Å². The third-order valence-electron chi connectivity index (χ3n) is 4.79. The molecule has 0 spiro atoms. The van der Waals surface area contributed by atoms with Gasteiger partial charge >= 0.3 is 0 Å². The van der Waals surface area contributed by atoms with Crippen molar-refractivity contribution in [3.05, 3.63) is 76.2 Å². The summed E-state index contributed by atoms with van der Waals surface area (Å²) in [6.07, 6.45) is 1.71. The zero-order valence-electron chi connectivity index (χ0n) is 16.3. The average molecular weight is 391 g/mol. The van der Waals surface area contributed by atoms with E-state index in [9.17, 15) is 9.90 Å². The van der Waals surface area contributed by atoms with Gasteiger partial charge in [0.1, 0.15) is 18.1 Å². The van der Waals surface area contributed by atoms with Gasteiger partial charge < -0.3 is 18.9 Å². The van der Waals surface area contributed by atoms with E-state index in [1.165, 1.54) is 0 Å². The summed E-state index contributed by atoms with van der Waals surface area (Å²) in [7, 11) is 0. The van der Waals surface area contributed by atoms with Crippen molar-refractivity contribution in [1.82, 2.24) is 14.7 Å². The molecule has 0 radical (unpaired) electrons. The van der Waals surface area contributed by atoms with Crippen LogP contribution in [0.1, 0.15) is 17.1 Å². The van der Waals surface area contributed by atoms with Gasteiger partial charge in [0.2, 0.25) is 0 Å². The monoisotopic (exact) mass is 391 g/mol. The number of pyridine rings is 2. The highest BCUT2D eigenvalue weighted by atomic mass is 16.5. The van der Waals surface area contributed by atoms with Crippen molar-refractivity contribution in [2.24, 2.45) is 0 Å². The Kier molecular flexibility index (Phi) is 5.14. The first kappa shape index (κ1) is 18.9. The van der Waals surface area contributed by atoms with E-state index in [0.717, 1.165) is 33.4 Å². The Bertz CT molecular complexity index is 1190. The SMILES string of the molecule is Cc1noc(C)c1-c1cc2ccc(=O)n(Cc3ccccn3)c2cc1OCCO. The first-order chi connectivity index (χ1) is 14.1. The summed E-state index contributed by atoms with van der Waals surface area (Å²) in [6.45, 7) is 4.08. The molecule has 29 heavy (non-hydrogen) atoms. The molecule has 0 bridgehead atoms. The Balaban J connectivity index is 1.93. The molecule has 148 valence electrons. The quantitative estimate of drug-likeness (QED) is 0.543. The zero-order chi connectivity index (χ0) is 20.4. The molecule has 1 N–H and O–H groups in total. The average Bonchev–Trinajstić information content (AvgIpc) is 3.07. The molecule has 0 unspecified atom stereocenters. The summed E-state index contributed by atoms with van der Waals surface area (Å²) in [5, 5.41) is 14.2. The van der Waals surface area contributed by atoms with Gasteiger partial charge in [0.15, 0.2) is 0 Å². The van der Waals surface area contributed by atoms with Gasteiger partial charge in [0.25, 0.3) is 5.56 Å². The van der Waals surface area contributed by atoms with Crippen molar-refractivity contribution in [3.8, 4) is 16.9 Å². The minimum atomic E-state index is -0.124. The number of hydrogen-bond donors (Lipinski definition) is 1. The van der Waals surface area contributed by atoms with Crippen LogP contribution in [0.2, 0.25) is 0 Å². The molecule has 4 rings (SSSR count). The largest absolute Gasteiger partial charge is 0.490 e. The minimum absolute atomic E-state index is 0.116. The van der Waals surface area contributed by atoms with Crippen LogP contribution in [0.5, 0.6) is 5.75 Å². The number of nitrogens with zero attached hydrogens (tertiary/aromatic N) is 3. The minimum Gasteiger partial charge on any atom is -0.490 e. The summed E-state index contributed by atoms with van der Waals surface area (Å²) >= 11 is 0. The van der Waals surface area contributed by atoms with Crippen LogP contribution in [0, 0.1) is 13.8 Å². The molecule has 1 aromatic carbocycles. The Morgan fingerprint density at radius 1 is 1.17 bits per heavy atom. The van der Waals surface area contributed by atoms with E-state index >= 15 is 0 Å². The van der Waals surface area contributed by atoms with Crippen molar-refractivity contribution in [2.45, 2.75) is 20.4 Å². The molecule has 0 aliphatic rings. The fraction of sp³-hybridized carbons (Fsp3) is 0.227. The highest BCUT2D eigenvalue weighted by Crippen LogP contribution is 2.37. The Morgan fingerprint density at radius 2 is 2.03 bits per heavy atom. The first-order valence-electron chi connectivity index (χ1n) is 9.33. The normalized spacial score (nSPS) is 11.1. The number of aromatic nitrogens is 3. The van der Waals surface area contributed by atoms with Gasteiger partial charge in [-0.15, -0.1) is 0 Å². The fourth-order valence-electron chi connectivity index (χ4n) is 3.48. The number of aliphatic hydroxyl groups excluding tert-OH is 1. The van der Waals surface area contributed by atoms with Crippen LogP contribution >= 0.6 is 0 Å². The summed E-state index contributed by atoms with van der Waals surface area (Å²) in [4.78, 5) is 16.9. The Labute approximate surface area is 167 Å². The molecular formula is C22H21N3O4. The molecule has 0 fully saturated rings. The highest BCUT2D eigenvalue weighted by Gasteiger charge is 2.18. The van der Waals surface area contributed by atoms with Crippen molar-refractivity contribution in [1.29, 1.82) is 0 Å². The predicted molar refractivity (Wildman–Crippen MR) is 109 cm³/mol. The van der Waals surface area contributed by atoms with Crippen molar-refractivity contribution in [2.75, 3.05) is 13.2 Å². The van der Waals surface area contributed by atoms with Gasteiger partial charge in [-0.25, -0.2) is 0 Å². The number of benzene rings is 1. The van der Waals surface area contributed by atoms with Gasteiger partial charge in [-0.2, -0.15) is 0 Å². The predicted octanol–water partition coefficient (Wildman–Crippen LogP) is 3.09. The lowest BCUT2D eigenvalue weighted by Crippen LogP contribution is -2.20. The summed E-state index contributed by atoms with van der Waals surface area (Å²) in [6, 6.07) is 12.8. The molecule has 0 amide bonds. The first-order valence-corrected chi connectivity index (χ1v) is 9.33.